The second kappa shape index (κ2) is 4.97. The highest BCUT2D eigenvalue weighted by Crippen LogP contribution is 2.31. The summed E-state index contributed by atoms with van der Waals surface area (Å²) >= 11 is 0. The van der Waals surface area contributed by atoms with Crippen molar-refractivity contribution in [1.29, 1.82) is 0 Å². The average Bonchev–Trinajstić information content (AvgIpc) is 2.87. The van der Waals surface area contributed by atoms with Gasteiger partial charge in [0.25, 0.3) is 0 Å². The van der Waals surface area contributed by atoms with Crippen LogP contribution in [0.1, 0.15) is 38.4 Å². The lowest BCUT2D eigenvalue weighted by Gasteiger charge is -2.22. The number of ether oxygens (including phenoxy) is 1. The summed E-state index contributed by atoms with van der Waals surface area (Å²) in [5.74, 6) is 0.423. The van der Waals surface area contributed by atoms with E-state index < -0.39 is 0 Å². The minimum Gasteiger partial charge on any atom is -0.378 e. The van der Waals surface area contributed by atoms with Gasteiger partial charge in [-0.3, -0.25) is 4.68 Å². The zero-order chi connectivity index (χ0) is 11.5. The van der Waals surface area contributed by atoms with Crippen molar-refractivity contribution in [2.24, 2.45) is 11.7 Å². The molecule has 3 atom stereocenters. The molecule has 16 heavy (non-hydrogen) atoms. The van der Waals surface area contributed by atoms with Crippen LogP contribution in [-0.4, -0.2) is 22.5 Å². The first-order valence-corrected chi connectivity index (χ1v) is 6.13. The predicted octanol–water partition coefficient (Wildman–Crippen LogP) is 1.72. The molecule has 2 N–H and O–H groups in total. The van der Waals surface area contributed by atoms with E-state index in [2.05, 4.69) is 18.9 Å². The molecule has 0 aromatic carbocycles. The van der Waals surface area contributed by atoms with Gasteiger partial charge in [-0.2, -0.15) is 5.10 Å². The maximum Gasteiger partial charge on any atom is 0.0594 e. The molecule has 4 heteroatoms. The molecule has 0 bridgehead atoms. The third-order valence-electron chi connectivity index (χ3n) is 3.42. The highest BCUT2D eigenvalue weighted by molar-refractivity contribution is 5.09. The molecule has 90 valence electrons. The van der Waals surface area contributed by atoms with Crippen LogP contribution in [0.25, 0.3) is 0 Å². The van der Waals surface area contributed by atoms with Crippen LogP contribution in [-0.2, 0) is 11.3 Å². The molecule has 1 saturated heterocycles. The number of hydrogen-bond acceptors (Lipinski definition) is 3. The largest absolute Gasteiger partial charge is 0.378 e. The molecule has 3 unspecified atom stereocenters. The van der Waals surface area contributed by atoms with Crippen molar-refractivity contribution in [2.45, 2.75) is 45.4 Å². The van der Waals surface area contributed by atoms with E-state index in [9.17, 15) is 0 Å². The zero-order valence-electron chi connectivity index (χ0n) is 10.1. The van der Waals surface area contributed by atoms with E-state index in [1.54, 1.807) is 0 Å². The minimum absolute atomic E-state index is 0.0477. The van der Waals surface area contributed by atoms with Crippen LogP contribution in [0.2, 0.25) is 0 Å². The minimum atomic E-state index is 0.0477. The Bertz CT molecular complexity index is 337. The fourth-order valence-corrected chi connectivity index (χ4v) is 2.46. The lowest BCUT2D eigenvalue weighted by Crippen LogP contribution is -2.28. The van der Waals surface area contributed by atoms with E-state index in [0.29, 0.717) is 5.92 Å². The van der Waals surface area contributed by atoms with Crippen molar-refractivity contribution in [2.75, 3.05) is 6.61 Å². The smallest absolute Gasteiger partial charge is 0.0594 e. The van der Waals surface area contributed by atoms with Crippen molar-refractivity contribution in [3.8, 4) is 0 Å². The van der Waals surface area contributed by atoms with Gasteiger partial charge in [0.1, 0.15) is 0 Å². The van der Waals surface area contributed by atoms with E-state index in [1.165, 1.54) is 0 Å². The number of aromatic nitrogens is 2. The van der Waals surface area contributed by atoms with Gasteiger partial charge in [-0.05, 0) is 25.8 Å². The van der Waals surface area contributed by atoms with Gasteiger partial charge in [0.15, 0.2) is 0 Å². The second-order valence-corrected chi connectivity index (χ2v) is 4.53. The predicted molar refractivity (Wildman–Crippen MR) is 63.0 cm³/mol. The van der Waals surface area contributed by atoms with Crippen LogP contribution < -0.4 is 5.73 Å². The normalized spacial score (nSPS) is 27.2. The summed E-state index contributed by atoms with van der Waals surface area (Å²) in [6.07, 6.45) is 4.24. The number of aryl methyl sites for hydroxylation is 1. The van der Waals surface area contributed by atoms with Gasteiger partial charge < -0.3 is 10.5 Å². The summed E-state index contributed by atoms with van der Waals surface area (Å²) in [7, 11) is 0. The lowest BCUT2D eigenvalue weighted by molar-refractivity contribution is 0.0986. The molecule has 1 aromatic rings. The van der Waals surface area contributed by atoms with Gasteiger partial charge in [0.05, 0.1) is 17.8 Å². The molecule has 0 radical (unpaired) electrons. The van der Waals surface area contributed by atoms with Crippen LogP contribution in [0.4, 0.5) is 0 Å². The molecule has 1 fully saturated rings. The van der Waals surface area contributed by atoms with E-state index in [4.69, 9.17) is 10.5 Å². The van der Waals surface area contributed by atoms with Crippen molar-refractivity contribution in [3.63, 3.8) is 0 Å². The standard InChI is InChI=1S/C12H21N3O/c1-3-7-15-11(4-6-14-15)12(13)10-5-8-16-9(10)2/h4,6,9-10,12H,3,5,7-8,13H2,1-2H3. The van der Waals surface area contributed by atoms with E-state index in [1.807, 2.05) is 16.9 Å². The summed E-state index contributed by atoms with van der Waals surface area (Å²) in [4.78, 5) is 0. The maximum absolute atomic E-state index is 6.33. The Morgan fingerprint density at radius 2 is 2.50 bits per heavy atom. The average molecular weight is 223 g/mol. The van der Waals surface area contributed by atoms with Gasteiger partial charge in [0.2, 0.25) is 0 Å². The van der Waals surface area contributed by atoms with Crippen molar-refractivity contribution >= 4 is 0 Å². The molecule has 4 nitrogen and oxygen atoms in total. The van der Waals surface area contributed by atoms with Crippen LogP contribution in [0.5, 0.6) is 0 Å². The molecule has 0 spiro atoms. The third kappa shape index (κ3) is 2.13. The molecule has 0 saturated carbocycles. The Balaban J connectivity index is 2.13. The Morgan fingerprint density at radius 3 is 3.12 bits per heavy atom. The zero-order valence-corrected chi connectivity index (χ0v) is 10.1. The molecule has 0 amide bonds. The Kier molecular flexibility index (Phi) is 3.61. The van der Waals surface area contributed by atoms with E-state index in [-0.39, 0.29) is 12.1 Å². The molecule has 1 aromatic heterocycles. The quantitative estimate of drug-likeness (QED) is 0.845. The first-order valence-electron chi connectivity index (χ1n) is 6.13. The summed E-state index contributed by atoms with van der Waals surface area (Å²) in [6, 6.07) is 2.08. The molecule has 2 rings (SSSR count). The van der Waals surface area contributed by atoms with Gasteiger partial charge in [-0.25, -0.2) is 0 Å². The highest BCUT2D eigenvalue weighted by Gasteiger charge is 2.31. The van der Waals surface area contributed by atoms with E-state index in [0.717, 1.165) is 31.7 Å². The monoisotopic (exact) mass is 223 g/mol. The third-order valence-corrected chi connectivity index (χ3v) is 3.42. The lowest BCUT2D eigenvalue weighted by atomic mass is 9.92. The van der Waals surface area contributed by atoms with Crippen LogP contribution in [0, 0.1) is 5.92 Å². The Labute approximate surface area is 96.8 Å². The number of nitrogens with two attached hydrogens (primary N) is 1. The molecule has 1 aliphatic heterocycles. The van der Waals surface area contributed by atoms with Crippen molar-refractivity contribution in [3.05, 3.63) is 18.0 Å². The van der Waals surface area contributed by atoms with Crippen molar-refractivity contribution in [1.82, 2.24) is 9.78 Å². The number of hydrogen-bond donors (Lipinski definition) is 1. The fourth-order valence-electron chi connectivity index (χ4n) is 2.46. The van der Waals surface area contributed by atoms with Gasteiger partial charge in [0, 0.05) is 25.3 Å². The second-order valence-electron chi connectivity index (χ2n) is 4.53. The van der Waals surface area contributed by atoms with Crippen LogP contribution in [0.3, 0.4) is 0 Å². The topological polar surface area (TPSA) is 53.1 Å². The van der Waals surface area contributed by atoms with Crippen LogP contribution in [0.15, 0.2) is 12.3 Å². The Hall–Kier alpha value is -0.870. The number of rotatable bonds is 4. The summed E-state index contributed by atoms with van der Waals surface area (Å²) in [5, 5.41) is 4.32. The van der Waals surface area contributed by atoms with Crippen molar-refractivity contribution < 1.29 is 4.74 Å². The number of nitrogens with zero attached hydrogens (tertiary/aromatic N) is 2. The summed E-state index contributed by atoms with van der Waals surface area (Å²) in [5.41, 5.74) is 7.47. The molecule has 0 aliphatic carbocycles. The summed E-state index contributed by atoms with van der Waals surface area (Å²) < 4.78 is 7.60. The first-order chi connectivity index (χ1) is 7.74. The van der Waals surface area contributed by atoms with E-state index >= 15 is 0 Å². The van der Waals surface area contributed by atoms with Gasteiger partial charge >= 0.3 is 0 Å². The SMILES string of the molecule is CCCn1nccc1C(N)C1CCOC1C. The molecular weight excluding hydrogens is 202 g/mol. The molecule has 1 aliphatic rings. The molecule has 2 heterocycles. The van der Waals surface area contributed by atoms with Gasteiger partial charge in [-0.1, -0.05) is 6.92 Å². The maximum atomic E-state index is 6.33. The molecular formula is C12H21N3O. The fraction of sp³-hybridized carbons (Fsp3) is 0.750. The first kappa shape index (κ1) is 11.6. The van der Waals surface area contributed by atoms with Gasteiger partial charge in [-0.15, -0.1) is 0 Å². The highest BCUT2D eigenvalue weighted by atomic mass is 16.5. The van der Waals surface area contributed by atoms with Crippen LogP contribution >= 0.6 is 0 Å². The summed E-state index contributed by atoms with van der Waals surface area (Å²) in [6.45, 7) is 6.04. The Morgan fingerprint density at radius 1 is 1.69 bits per heavy atom.